The fourth-order valence-corrected chi connectivity index (χ4v) is 4.16. The van der Waals surface area contributed by atoms with Crippen molar-refractivity contribution in [1.82, 2.24) is 4.90 Å². The molecule has 0 aliphatic carbocycles. The molecule has 1 aliphatic rings. The zero-order valence-corrected chi connectivity index (χ0v) is 18.0. The quantitative estimate of drug-likeness (QED) is 0.750. The monoisotopic (exact) mass is 436 g/mol. The molecule has 2 aromatic carbocycles. The van der Waals surface area contributed by atoms with Crippen LogP contribution in [0.4, 0.5) is 11.4 Å². The number of nitrogens with zero attached hydrogens (tertiary/aromatic N) is 2. The summed E-state index contributed by atoms with van der Waals surface area (Å²) >= 11 is 6.14. The highest BCUT2D eigenvalue weighted by Gasteiger charge is 2.26. The molecule has 0 radical (unpaired) electrons. The summed E-state index contributed by atoms with van der Waals surface area (Å²) in [4.78, 5) is 17.0. The van der Waals surface area contributed by atoms with Gasteiger partial charge in [-0.25, -0.2) is 13.6 Å². The van der Waals surface area contributed by atoms with Crippen LogP contribution in [-0.2, 0) is 14.8 Å². The summed E-state index contributed by atoms with van der Waals surface area (Å²) in [5.74, 6) is -0.191. The van der Waals surface area contributed by atoms with Crippen molar-refractivity contribution >= 4 is 38.9 Å². The van der Waals surface area contributed by atoms with Gasteiger partial charge in [0.1, 0.15) is 0 Å². The Bertz CT molecular complexity index is 1000. The number of sulfonamides is 1. The Balaban J connectivity index is 1.61. The normalized spacial score (nSPS) is 16.5. The van der Waals surface area contributed by atoms with Gasteiger partial charge < -0.3 is 10.2 Å². The van der Waals surface area contributed by atoms with Crippen LogP contribution in [0.15, 0.2) is 47.4 Å². The van der Waals surface area contributed by atoms with Crippen LogP contribution in [0.5, 0.6) is 0 Å². The van der Waals surface area contributed by atoms with Gasteiger partial charge in [0, 0.05) is 42.6 Å². The van der Waals surface area contributed by atoms with Gasteiger partial charge in [-0.05, 0) is 49.7 Å². The van der Waals surface area contributed by atoms with E-state index in [0.29, 0.717) is 10.7 Å². The summed E-state index contributed by atoms with van der Waals surface area (Å²) in [5, 5.41) is 8.64. The van der Waals surface area contributed by atoms with Gasteiger partial charge in [-0.3, -0.25) is 9.69 Å². The van der Waals surface area contributed by atoms with Crippen LogP contribution >= 0.6 is 11.6 Å². The Hall–Kier alpha value is -2.13. The van der Waals surface area contributed by atoms with Crippen molar-refractivity contribution in [1.29, 1.82) is 0 Å². The standard InChI is InChI=1S/C20H25ClN4O3S/c1-14-6-7-16(21)12-19(14)25-10-8-24(9-11-25)15(2)20(26)23-17-4-3-5-18(13-17)29(22,27)28/h3-7,12-13,15H,8-11H2,1-2H3,(H,23,26)(H2,22,27,28)/t15-/m1/s1. The molecule has 1 atom stereocenters. The number of nitrogens with one attached hydrogen (secondary N) is 1. The van der Waals surface area contributed by atoms with E-state index in [2.05, 4.69) is 22.0 Å². The first-order chi connectivity index (χ1) is 13.6. The van der Waals surface area contributed by atoms with Crippen LogP contribution in [0.1, 0.15) is 12.5 Å². The lowest BCUT2D eigenvalue weighted by molar-refractivity contribution is -0.120. The van der Waals surface area contributed by atoms with E-state index in [9.17, 15) is 13.2 Å². The van der Waals surface area contributed by atoms with Gasteiger partial charge in [0.2, 0.25) is 15.9 Å². The SMILES string of the molecule is Cc1ccc(Cl)cc1N1CCN([C@H](C)C(=O)Nc2cccc(S(N)(=O)=O)c2)CC1. The number of hydrogen-bond donors (Lipinski definition) is 2. The van der Waals surface area contributed by atoms with Crippen molar-refractivity contribution < 1.29 is 13.2 Å². The molecule has 1 amide bonds. The van der Waals surface area contributed by atoms with Gasteiger partial charge >= 0.3 is 0 Å². The smallest absolute Gasteiger partial charge is 0.241 e. The number of hydrogen-bond acceptors (Lipinski definition) is 5. The van der Waals surface area contributed by atoms with Gasteiger partial charge in [0.05, 0.1) is 10.9 Å². The number of primary sulfonamides is 1. The number of aryl methyl sites for hydroxylation is 1. The second-order valence-electron chi connectivity index (χ2n) is 7.19. The highest BCUT2D eigenvalue weighted by atomic mass is 35.5. The predicted molar refractivity (Wildman–Crippen MR) is 116 cm³/mol. The minimum absolute atomic E-state index is 0.0338. The molecule has 1 heterocycles. The lowest BCUT2D eigenvalue weighted by Crippen LogP contribution is -2.53. The maximum absolute atomic E-state index is 12.7. The fourth-order valence-electron chi connectivity index (χ4n) is 3.44. The maximum atomic E-state index is 12.7. The van der Waals surface area contributed by atoms with Crippen molar-refractivity contribution in [3.05, 3.63) is 53.1 Å². The molecule has 9 heteroatoms. The Morgan fingerprint density at radius 1 is 1.14 bits per heavy atom. The summed E-state index contributed by atoms with van der Waals surface area (Å²) in [7, 11) is -3.82. The third-order valence-electron chi connectivity index (χ3n) is 5.18. The molecular weight excluding hydrogens is 412 g/mol. The molecular formula is C20H25ClN4O3S. The van der Waals surface area contributed by atoms with E-state index in [1.54, 1.807) is 12.1 Å². The second kappa shape index (κ2) is 8.71. The summed E-state index contributed by atoms with van der Waals surface area (Å²) in [6.45, 7) is 6.96. The van der Waals surface area contributed by atoms with E-state index < -0.39 is 10.0 Å². The largest absolute Gasteiger partial charge is 0.369 e. The molecule has 1 saturated heterocycles. The van der Waals surface area contributed by atoms with Crippen LogP contribution in [0.3, 0.4) is 0 Å². The van der Waals surface area contributed by atoms with Crippen LogP contribution in [0.25, 0.3) is 0 Å². The maximum Gasteiger partial charge on any atom is 0.241 e. The average molecular weight is 437 g/mol. The van der Waals surface area contributed by atoms with Crippen molar-refractivity contribution in [2.45, 2.75) is 24.8 Å². The molecule has 2 aromatic rings. The molecule has 7 nitrogen and oxygen atoms in total. The predicted octanol–water partition coefficient (Wildman–Crippen LogP) is 2.45. The number of nitrogens with two attached hydrogens (primary N) is 1. The van der Waals surface area contributed by atoms with Crippen molar-refractivity contribution in [2.75, 3.05) is 36.4 Å². The highest BCUT2D eigenvalue weighted by molar-refractivity contribution is 7.89. The van der Waals surface area contributed by atoms with E-state index in [4.69, 9.17) is 16.7 Å². The molecule has 1 aliphatic heterocycles. The Morgan fingerprint density at radius 3 is 2.48 bits per heavy atom. The number of piperazine rings is 1. The molecule has 3 N–H and O–H groups in total. The first-order valence-electron chi connectivity index (χ1n) is 9.34. The third kappa shape index (κ3) is 5.27. The van der Waals surface area contributed by atoms with E-state index in [0.717, 1.165) is 31.9 Å². The van der Waals surface area contributed by atoms with Gasteiger partial charge in [0.25, 0.3) is 0 Å². The zero-order chi connectivity index (χ0) is 21.2. The molecule has 0 aromatic heterocycles. The van der Waals surface area contributed by atoms with Gasteiger partial charge in [-0.2, -0.15) is 0 Å². The lowest BCUT2D eigenvalue weighted by atomic mass is 10.1. The number of rotatable bonds is 5. The molecule has 0 bridgehead atoms. The zero-order valence-electron chi connectivity index (χ0n) is 16.4. The molecule has 1 fully saturated rings. The Kier molecular flexibility index (Phi) is 6.48. The van der Waals surface area contributed by atoms with Gasteiger partial charge in [0.15, 0.2) is 0 Å². The molecule has 0 saturated carbocycles. The van der Waals surface area contributed by atoms with Gasteiger partial charge in [-0.1, -0.05) is 23.7 Å². The molecule has 3 rings (SSSR count). The Morgan fingerprint density at radius 2 is 1.83 bits per heavy atom. The second-order valence-corrected chi connectivity index (χ2v) is 9.19. The molecule has 0 spiro atoms. The first kappa shape index (κ1) is 21.6. The van der Waals surface area contributed by atoms with E-state index >= 15 is 0 Å². The van der Waals surface area contributed by atoms with Crippen LogP contribution in [0, 0.1) is 6.92 Å². The molecule has 156 valence electrons. The van der Waals surface area contributed by atoms with E-state index in [1.165, 1.54) is 17.7 Å². The number of anilines is 2. The fraction of sp³-hybridized carbons (Fsp3) is 0.350. The van der Waals surface area contributed by atoms with Gasteiger partial charge in [-0.15, -0.1) is 0 Å². The van der Waals surface area contributed by atoms with E-state index in [-0.39, 0.29) is 16.8 Å². The average Bonchev–Trinajstić information content (AvgIpc) is 2.69. The minimum atomic E-state index is -3.82. The summed E-state index contributed by atoms with van der Waals surface area (Å²) in [5.41, 5.74) is 2.69. The van der Waals surface area contributed by atoms with Crippen LogP contribution < -0.4 is 15.4 Å². The van der Waals surface area contributed by atoms with Crippen molar-refractivity contribution in [2.24, 2.45) is 5.14 Å². The highest BCUT2D eigenvalue weighted by Crippen LogP contribution is 2.25. The Labute approximate surface area is 176 Å². The van der Waals surface area contributed by atoms with E-state index in [1.807, 2.05) is 25.1 Å². The van der Waals surface area contributed by atoms with Crippen LogP contribution in [-0.4, -0.2) is 51.4 Å². The number of carbonyl (C=O) groups excluding carboxylic acids is 1. The third-order valence-corrected chi connectivity index (χ3v) is 6.33. The number of carbonyl (C=O) groups is 1. The molecule has 0 unspecified atom stereocenters. The summed E-state index contributed by atoms with van der Waals surface area (Å²) < 4.78 is 23.0. The topological polar surface area (TPSA) is 95.7 Å². The van der Waals surface area contributed by atoms with Crippen LogP contribution in [0.2, 0.25) is 5.02 Å². The summed E-state index contributed by atoms with van der Waals surface area (Å²) in [6, 6.07) is 11.5. The number of benzene rings is 2. The van der Waals surface area contributed by atoms with Crippen molar-refractivity contribution in [3.63, 3.8) is 0 Å². The first-order valence-corrected chi connectivity index (χ1v) is 11.3. The summed E-state index contributed by atoms with van der Waals surface area (Å²) in [6.07, 6.45) is 0. The number of amides is 1. The van der Waals surface area contributed by atoms with Crippen molar-refractivity contribution in [3.8, 4) is 0 Å². The minimum Gasteiger partial charge on any atom is -0.369 e. The number of halogens is 1. The molecule has 29 heavy (non-hydrogen) atoms. The lowest BCUT2D eigenvalue weighted by Gasteiger charge is -2.39.